The van der Waals surface area contributed by atoms with E-state index in [4.69, 9.17) is 4.74 Å². The summed E-state index contributed by atoms with van der Waals surface area (Å²) in [5.74, 6) is -0.629. The number of ether oxygens (including phenoxy) is 2. The number of allylic oxidation sites excluding steroid dienone is 1. The van der Waals surface area contributed by atoms with Gasteiger partial charge in [0.05, 0.1) is 34.6 Å². The molecule has 3 aromatic rings. The normalized spacial score (nSPS) is 16.0. The fraction of sp³-hybridized carbons (Fsp3) is 0.304. The predicted octanol–water partition coefficient (Wildman–Crippen LogP) is 2.44. The lowest BCUT2D eigenvalue weighted by Crippen LogP contribution is -2.39. The van der Waals surface area contributed by atoms with Crippen LogP contribution in [0.25, 0.3) is 6.08 Å². The van der Waals surface area contributed by atoms with Crippen LogP contribution in [0.4, 0.5) is 8.78 Å². The van der Waals surface area contributed by atoms with Gasteiger partial charge in [0.15, 0.2) is 4.80 Å². The molecule has 178 valence electrons. The van der Waals surface area contributed by atoms with Gasteiger partial charge in [-0.1, -0.05) is 23.5 Å². The van der Waals surface area contributed by atoms with Crippen LogP contribution in [0.15, 0.2) is 51.5 Å². The number of hydrogen-bond donors (Lipinski definition) is 0. The van der Waals surface area contributed by atoms with Crippen molar-refractivity contribution in [1.29, 1.82) is 0 Å². The summed E-state index contributed by atoms with van der Waals surface area (Å²) in [6, 6.07) is 4.99. The molecule has 1 atom stereocenters. The molecular formula is C23H22F2N4O4S. The summed E-state index contributed by atoms with van der Waals surface area (Å²) in [7, 11) is 1.81. The van der Waals surface area contributed by atoms with Crippen LogP contribution in [0.5, 0.6) is 5.75 Å². The molecule has 4 rings (SSSR count). The van der Waals surface area contributed by atoms with Crippen molar-refractivity contribution in [3.05, 3.63) is 78.2 Å². The van der Waals surface area contributed by atoms with Crippen LogP contribution in [0.3, 0.4) is 0 Å². The van der Waals surface area contributed by atoms with E-state index in [9.17, 15) is 18.4 Å². The molecule has 0 saturated carbocycles. The monoisotopic (exact) mass is 488 g/mol. The molecule has 2 aromatic heterocycles. The molecule has 0 fully saturated rings. The number of alkyl halides is 2. The molecule has 0 aliphatic carbocycles. The van der Waals surface area contributed by atoms with E-state index in [1.165, 1.54) is 28.0 Å². The summed E-state index contributed by atoms with van der Waals surface area (Å²) < 4.78 is 38.4. The van der Waals surface area contributed by atoms with Crippen LogP contribution >= 0.6 is 11.3 Å². The Kier molecular flexibility index (Phi) is 6.47. The number of thiazole rings is 1. The number of carbonyl (C=O) groups excluding carboxylic acids is 1. The molecule has 0 N–H and O–H groups in total. The molecular weight excluding hydrogens is 466 g/mol. The average molecular weight is 489 g/mol. The molecule has 0 saturated heterocycles. The van der Waals surface area contributed by atoms with E-state index < -0.39 is 18.6 Å². The van der Waals surface area contributed by atoms with Gasteiger partial charge in [-0.25, -0.2) is 9.79 Å². The zero-order chi connectivity index (χ0) is 24.6. The van der Waals surface area contributed by atoms with Crippen LogP contribution in [-0.4, -0.2) is 33.5 Å². The van der Waals surface area contributed by atoms with Gasteiger partial charge in [-0.3, -0.25) is 14.0 Å². The summed E-state index contributed by atoms with van der Waals surface area (Å²) in [5, 5.41) is 4.21. The molecule has 11 heteroatoms. The van der Waals surface area contributed by atoms with Crippen molar-refractivity contribution in [3.8, 4) is 5.75 Å². The quantitative estimate of drug-likeness (QED) is 0.498. The smallest absolute Gasteiger partial charge is 0.387 e. The highest BCUT2D eigenvalue weighted by Crippen LogP contribution is 2.31. The van der Waals surface area contributed by atoms with E-state index in [1.54, 1.807) is 42.9 Å². The van der Waals surface area contributed by atoms with Gasteiger partial charge >= 0.3 is 12.6 Å². The second kappa shape index (κ2) is 9.34. The third-order valence-electron chi connectivity index (χ3n) is 5.50. The molecule has 0 amide bonds. The first-order chi connectivity index (χ1) is 16.2. The molecule has 1 unspecified atom stereocenters. The minimum Gasteiger partial charge on any atom is -0.463 e. The van der Waals surface area contributed by atoms with Crippen molar-refractivity contribution in [1.82, 2.24) is 14.3 Å². The van der Waals surface area contributed by atoms with Gasteiger partial charge in [0.2, 0.25) is 0 Å². The Morgan fingerprint density at radius 2 is 1.97 bits per heavy atom. The lowest BCUT2D eigenvalue weighted by molar-refractivity contribution is -0.139. The van der Waals surface area contributed by atoms with Gasteiger partial charge in [-0.05, 0) is 44.5 Å². The Bertz CT molecular complexity index is 1450. The van der Waals surface area contributed by atoms with Crippen LogP contribution in [0.2, 0.25) is 0 Å². The van der Waals surface area contributed by atoms with Crippen molar-refractivity contribution in [2.75, 3.05) is 6.61 Å². The average Bonchev–Trinajstić information content (AvgIpc) is 3.26. The zero-order valence-electron chi connectivity index (χ0n) is 18.9. The first-order valence-electron chi connectivity index (χ1n) is 10.4. The predicted molar refractivity (Wildman–Crippen MR) is 121 cm³/mol. The van der Waals surface area contributed by atoms with Gasteiger partial charge in [-0.2, -0.15) is 13.9 Å². The number of fused-ring (bicyclic) bond motifs is 1. The number of esters is 1. The third-order valence-corrected chi connectivity index (χ3v) is 6.48. The van der Waals surface area contributed by atoms with Crippen molar-refractivity contribution in [2.45, 2.75) is 33.4 Å². The highest BCUT2D eigenvalue weighted by atomic mass is 32.1. The van der Waals surface area contributed by atoms with Crippen LogP contribution < -0.4 is 19.6 Å². The molecule has 1 aromatic carbocycles. The molecule has 0 radical (unpaired) electrons. The molecule has 0 spiro atoms. The number of aryl methyl sites for hydroxylation is 1. The minimum absolute atomic E-state index is 0.0309. The number of halogens is 2. The van der Waals surface area contributed by atoms with Crippen molar-refractivity contribution in [2.24, 2.45) is 12.0 Å². The summed E-state index contributed by atoms with van der Waals surface area (Å²) in [6.45, 7) is 2.44. The standard InChI is InChI=1S/C23H22F2N4O4S/c1-5-32-21(31)18-12(2)27-23-29(19(18)14-6-8-16(9-7-14)33-22(24)25)20(30)17(34-23)10-15-11-26-28(4)13(15)3/h6-11,19,22H,5H2,1-4H3/b17-10+. The fourth-order valence-corrected chi connectivity index (χ4v) is 4.77. The maximum atomic E-state index is 13.5. The minimum atomic E-state index is -2.96. The number of nitrogens with zero attached hydrogens (tertiary/aromatic N) is 4. The molecule has 0 bridgehead atoms. The molecule has 1 aliphatic heterocycles. The number of rotatable bonds is 6. The SMILES string of the molecule is CCOC(=O)C1=C(C)N=c2s/c(=C/c3cnn(C)c3C)c(=O)n2C1c1ccc(OC(F)F)cc1. The second-order valence-corrected chi connectivity index (χ2v) is 8.57. The fourth-order valence-electron chi connectivity index (χ4n) is 3.74. The largest absolute Gasteiger partial charge is 0.463 e. The van der Waals surface area contributed by atoms with Crippen LogP contribution in [0.1, 0.15) is 36.7 Å². The molecule has 34 heavy (non-hydrogen) atoms. The Morgan fingerprint density at radius 3 is 2.56 bits per heavy atom. The van der Waals surface area contributed by atoms with Crippen LogP contribution in [-0.2, 0) is 16.6 Å². The van der Waals surface area contributed by atoms with Gasteiger partial charge in [0, 0.05) is 18.3 Å². The summed E-state index contributed by atoms with van der Waals surface area (Å²) >= 11 is 1.20. The van der Waals surface area contributed by atoms with E-state index in [1.807, 2.05) is 14.0 Å². The highest BCUT2D eigenvalue weighted by molar-refractivity contribution is 7.07. The maximum absolute atomic E-state index is 13.5. The Labute approximate surface area is 197 Å². The zero-order valence-corrected chi connectivity index (χ0v) is 19.7. The summed E-state index contributed by atoms with van der Waals surface area (Å²) in [4.78, 5) is 31.3. The topological polar surface area (TPSA) is 87.7 Å². The first-order valence-corrected chi connectivity index (χ1v) is 11.3. The van der Waals surface area contributed by atoms with Crippen LogP contribution in [0, 0.1) is 6.92 Å². The highest BCUT2D eigenvalue weighted by Gasteiger charge is 2.33. The molecule has 1 aliphatic rings. The Balaban J connectivity index is 1.91. The number of carbonyl (C=O) groups is 1. The van der Waals surface area contributed by atoms with Gasteiger partial charge in [-0.15, -0.1) is 0 Å². The van der Waals surface area contributed by atoms with E-state index in [0.29, 0.717) is 20.6 Å². The summed E-state index contributed by atoms with van der Waals surface area (Å²) in [5.41, 5.74) is 2.51. The van der Waals surface area contributed by atoms with Gasteiger partial charge < -0.3 is 9.47 Å². The summed E-state index contributed by atoms with van der Waals surface area (Å²) in [6.07, 6.45) is 3.41. The third kappa shape index (κ3) is 4.30. The second-order valence-electron chi connectivity index (χ2n) is 7.56. The molecule has 3 heterocycles. The van der Waals surface area contributed by atoms with E-state index >= 15 is 0 Å². The lowest BCUT2D eigenvalue weighted by Gasteiger charge is -2.24. The number of benzene rings is 1. The number of aromatic nitrogens is 3. The Hall–Kier alpha value is -3.60. The maximum Gasteiger partial charge on any atom is 0.387 e. The van der Waals surface area contributed by atoms with E-state index in [2.05, 4.69) is 14.8 Å². The Morgan fingerprint density at radius 1 is 1.26 bits per heavy atom. The van der Waals surface area contributed by atoms with Crippen molar-refractivity contribution < 1.29 is 23.0 Å². The number of hydrogen-bond acceptors (Lipinski definition) is 7. The lowest BCUT2D eigenvalue weighted by atomic mass is 9.96. The van der Waals surface area contributed by atoms with Gasteiger partial charge in [0.1, 0.15) is 5.75 Å². The van der Waals surface area contributed by atoms with E-state index in [-0.39, 0.29) is 23.5 Å². The van der Waals surface area contributed by atoms with Crippen molar-refractivity contribution in [3.63, 3.8) is 0 Å². The van der Waals surface area contributed by atoms with Crippen molar-refractivity contribution >= 4 is 23.4 Å². The first kappa shape index (κ1) is 23.6. The molecule has 8 nitrogen and oxygen atoms in total. The van der Waals surface area contributed by atoms with E-state index in [0.717, 1.165) is 11.3 Å². The van der Waals surface area contributed by atoms with Gasteiger partial charge in [0.25, 0.3) is 5.56 Å².